The Hall–Kier alpha value is -1.06. The number of aliphatic imine (C=N–C) groups is 1. The Morgan fingerprint density at radius 3 is 2.37 bits per heavy atom. The van der Waals surface area contributed by atoms with Gasteiger partial charge in [-0.1, -0.05) is 13.8 Å². The fourth-order valence-corrected chi connectivity index (χ4v) is 3.80. The summed E-state index contributed by atoms with van der Waals surface area (Å²) in [7, 11) is 1.70. The lowest BCUT2D eigenvalue weighted by atomic mass is 10.1. The molecule has 0 amide bonds. The Bertz CT molecular complexity index is 463. The van der Waals surface area contributed by atoms with Crippen LogP contribution in [0, 0.1) is 5.92 Å². The quantitative estimate of drug-likeness (QED) is 0.501. The molecule has 2 N–H and O–H groups in total. The fourth-order valence-electron chi connectivity index (χ4n) is 3.80. The number of guanidine groups is 1. The summed E-state index contributed by atoms with van der Waals surface area (Å²) in [5, 5.41) is 6.59. The summed E-state index contributed by atoms with van der Waals surface area (Å²) in [6, 6.07) is 0.0102. The van der Waals surface area contributed by atoms with E-state index in [9.17, 15) is 13.2 Å². The van der Waals surface area contributed by atoms with Gasteiger partial charge >= 0.3 is 6.18 Å². The first-order valence-electron chi connectivity index (χ1n) is 10.00. The third-order valence-electron chi connectivity index (χ3n) is 5.34. The van der Waals surface area contributed by atoms with Crippen molar-refractivity contribution in [3.8, 4) is 0 Å². The SMILES string of the molecule is CCN1CCN(CC(C)CNC(=NC)NC2CCN(CC(F)(F)F)C2)CC1. The Morgan fingerprint density at radius 2 is 1.78 bits per heavy atom. The van der Waals surface area contributed by atoms with Crippen molar-refractivity contribution in [2.45, 2.75) is 32.5 Å². The molecule has 2 rings (SSSR count). The second kappa shape index (κ2) is 10.5. The summed E-state index contributed by atoms with van der Waals surface area (Å²) < 4.78 is 37.5. The van der Waals surface area contributed by atoms with Gasteiger partial charge in [-0.2, -0.15) is 13.2 Å². The van der Waals surface area contributed by atoms with Gasteiger partial charge in [-0.25, -0.2) is 0 Å². The van der Waals surface area contributed by atoms with Gasteiger partial charge in [0.2, 0.25) is 0 Å². The number of alkyl halides is 3. The molecule has 2 unspecified atom stereocenters. The summed E-state index contributed by atoms with van der Waals surface area (Å²) in [5.74, 6) is 1.15. The molecular formula is C18H35F3N6. The van der Waals surface area contributed by atoms with Crippen LogP contribution in [0.4, 0.5) is 13.2 Å². The zero-order valence-electron chi connectivity index (χ0n) is 16.9. The Balaban J connectivity index is 1.65. The Kier molecular flexibility index (Phi) is 8.62. The molecule has 0 aromatic carbocycles. The van der Waals surface area contributed by atoms with Crippen molar-refractivity contribution in [2.24, 2.45) is 10.9 Å². The van der Waals surface area contributed by atoms with Gasteiger partial charge in [-0.15, -0.1) is 0 Å². The van der Waals surface area contributed by atoms with Crippen molar-refractivity contribution in [1.29, 1.82) is 0 Å². The average Bonchev–Trinajstić information content (AvgIpc) is 3.04. The Labute approximate surface area is 161 Å². The number of likely N-dealkylation sites (tertiary alicyclic amines) is 1. The molecule has 0 saturated carbocycles. The summed E-state index contributed by atoms with van der Waals surface area (Å²) in [4.78, 5) is 10.6. The van der Waals surface area contributed by atoms with Gasteiger partial charge < -0.3 is 20.4 Å². The lowest BCUT2D eigenvalue weighted by molar-refractivity contribution is -0.143. The van der Waals surface area contributed by atoms with Crippen molar-refractivity contribution in [2.75, 3.05) is 72.5 Å². The van der Waals surface area contributed by atoms with Crippen LogP contribution in [0.15, 0.2) is 4.99 Å². The van der Waals surface area contributed by atoms with E-state index in [2.05, 4.69) is 39.3 Å². The molecule has 6 nitrogen and oxygen atoms in total. The minimum atomic E-state index is -4.13. The highest BCUT2D eigenvalue weighted by Gasteiger charge is 2.34. The van der Waals surface area contributed by atoms with Crippen molar-refractivity contribution in [1.82, 2.24) is 25.3 Å². The molecule has 27 heavy (non-hydrogen) atoms. The second-order valence-corrected chi connectivity index (χ2v) is 7.77. The van der Waals surface area contributed by atoms with Crippen LogP contribution in [-0.4, -0.2) is 105 Å². The standard InChI is InChI=1S/C18H35F3N6/c1-4-25-7-9-26(10-8-25)12-15(2)11-23-17(22-3)24-16-5-6-27(13-16)14-18(19,20)21/h15-16H,4-14H2,1-3H3,(H2,22,23,24). The zero-order chi connectivity index (χ0) is 19.9. The second-order valence-electron chi connectivity index (χ2n) is 7.77. The van der Waals surface area contributed by atoms with Gasteiger partial charge in [0.25, 0.3) is 0 Å². The molecule has 2 saturated heterocycles. The van der Waals surface area contributed by atoms with Gasteiger partial charge in [0.05, 0.1) is 6.54 Å². The van der Waals surface area contributed by atoms with Gasteiger partial charge in [0.1, 0.15) is 0 Å². The first kappa shape index (κ1) is 22.2. The zero-order valence-corrected chi connectivity index (χ0v) is 16.9. The van der Waals surface area contributed by atoms with E-state index in [0.717, 1.165) is 45.8 Å². The summed E-state index contributed by atoms with van der Waals surface area (Å²) in [6.45, 7) is 11.9. The van der Waals surface area contributed by atoms with E-state index in [-0.39, 0.29) is 6.04 Å². The highest BCUT2D eigenvalue weighted by atomic mass is 19.4. The lowest BCUT2D eigenvalue weighted by Gasteiger charge is -2.35. The highest BCUT2D eigenvalue weighted by molar-refractivity contribution is 5.80. The number of halogens is 3. The number of rotatable bonds is 7. The third-order valence-corrected chi connectivity index (χ3v) is 5.34. The van der Waals surface area contributed by atoms with E-state index < -0.39 is 12.7 Å². The lowest BCUT2D eigenvalue weighted by Crippen LogP contribution is -2.49. The highest BCUT2D eigenvalue weighted by Crippen LogP contribution is 2.19. The number of piperazine rings is 1. The van der Waals surface area contributed by atoms with Gasteiger partial charge in [-0.05, 0) is 18.9 Å². The Morgan fingerprint density at radius 1 is 1.11 bits per heavy atom. The van der Waals surface area contributed by atoms with Crippen LogP contribution in [0.2, 0.25) is 0 Å². The molecule has 0 bridgehead atoms. The van der Waals surface area contributed by atoms with Gasteiger partial charge in [0, 0.05) is 65.4 Å². The molecule has 9 heteroatoms. The topological polar surface area (TPSA) is 46.1 Å². The molecule has 2 aliphatic heterocycles. The number of hydrogen-bond donors (Lipinski definition) is 2. The van der Waals surface area contributed by atoms with Crippen LogP contribution in [0.5, 0.6) is 0 Å². The summed E-state index contributed by atoms with van der Waals surface area (Å²) in [6.07, 6.45) is -3.43. The van der Waals surface area contributed by atoms with Gasteiger partial charge in [0.15, 0.2) is 5.96 Å². The molecule has 0 radical (unpaired) electrons. The van der Waals surface area contributed by atoms with E-state index in [1.165, 1.54) is 4.90 Å². The maximum Gasteiger partial charge on any atom is 0.401 e. The molecular weight excluding hydrogens is 357 g/mol. The minimum absolute atomic E-state index is 0.0102. The number of likely N-dealkylation sites (N-methyl/N-ethyl adjacent to an activating group) is 1. The average molecular weight is 393 g/mol. The fraction of sp³-hybridized carbons (Fsp3) is 0.944. The molecule has 2 heterocycles. The maximum atomic E-state index is 12.5. The number of hydrogen-bond acceptors (Lipinski definition) is 4. The van der Waals surface area contributed by atoms with Crippen LogP contribution in [0.25, 0.3) is 0 Å². The van der Waals surface area contributed by atoms with Crippen LogP contribution in [0.3, 0.4) is 0 Å². The first-order valence-corrected chi connectivity index (χ1v) is 10.00. The molecule has 0 aliphatic carbocycles. The van der Waals surface area contributed by atoms with E-state index in [4.69, 9.17) is 0 Å². The monoisotopic (exact) mass is 392 g/mol. The predicted molar refractivity (Wildman–Crippen MR) is 103 cm³/mol. The number of nitrogens with zero attached hydrogens (tertiary/aromatic N) is 4. The van der Waals surface area contributed by atoms with Crippen molar-refractivity contribution < 1.29 is 13.2 Å². The molecule has 2 fully saturated rings. The van der Waals surface area contributed by atoms with Crippen molar-refractivity contribution in [3.63, 3.8) is 0 Å². The normalized spacial score (nSPS) is 25.0. The van der Waals surface area contributed by atoms with E-state index in [1.54, 1.807) is 7.05 Å². The molecule has 158 valence electrons. The maximum absolute atomic E-state index is 12.5. The summed E-state index contributed by atoms with van der Waals surface area (Å²) >= 11 is 0. The molecule has 0 aromatic heterocycles. The van der Waals surface area contributed by atoms with Crippen LogP contribution in [0.1, 0.15) is 20.3 Å². The van der Waals surface area contributed by atoms with Gasteiger partial charge in [-0.3, -0.25) is 9.89 Å². The molecule has 2 atom stereocenters. The third kappa shape index (κ3) is 8.23. The van der Waals surface area contributed by atoms with Crippen molar-refractivity contribution in [3.05, 3.63) is 0 Å². The first-order chi connectivity index (χ1) is 12.8. The minimum Gasteiger partial charge on any atom is -0.356 e. The molecule has 0 spiro atoms. The van der Waals surface area contributed by atoms with Crippen LogP contribution >= 0.6 is 0 Å². The van der Waals surface area contributed by atoms with E-state index in [0.29, 0.717) is 31.4 Å². The largest absolute Gasteiger partial charge is 0.401 e. The van der Waals surface area contributed by atoms with Crippen molar-refractivity contribution >= 4 is 5.96 Å². The van der Waals surface area contributed by atoms with Crippen LogP contribution in [-0.2, 0) is 0 Å². The summed E-state index contributed by atoms with van der Waals surface area (Å²) in [5.41, 5.74) is 0. The molecule has 2 aliphatic rings. The predicted octanol–water partition coefficient (Wildman–Crippen LogP) is 1.06. The van der Waals surface area contributed by atoms with E-state index in [1.807, 2.05) is 0 Å². The van der Waals surface area contributed by atoms with Crippen LogP contribution < -0.4 is 10.6 Å². The van der Waals surface area contributed by atoms with E-state index >= 15 is 0 Å². The molecule has 0 aromatic rings. The smallest absolute Gasteiger partial charge is 0.356 e. The number of nitrogens with one attached hydrogen (secondary N) is 2.